The molecule has 0 unspecified atom stereocenters. The lowest BCUT2D eigenvalue weighted by atomic mass is 10.2. The van der Waals surface area contributed by atoms with E-state index in [0.717, 1.165) is 5.56 Å². The maximum Gasteiger partial charge on any atom is 0.311 e. The van der Waals surface area contributed by atoms with Gasteiger partial charge in [-0.05, 0) is 32.5 Å². The van der Waals surface area contributed by atoms with Crippen LogP contribution >= 0.6 is 0 Å². The van der Waals surface area contributed by atoms with Gasteiger partial charge in [0.05, 0.1) is 17.6 Å². The van der Waals surface area contributed by atoms with Gasteiger partial charge in [-0.1, -0.05) is 6.07 Å². The van der Waals surface area contributed by atoms with Crippen molar-refractivity contribution in [3.8, 4) is 5.75 Å². The second-order valence-corrected chi connectivity index (χ2v) is 4.36. The first-order valence-corrected chi connectivity index (χ1v) is 6.21. The third kappa shape index (κ3) is 5.23. The van der Waals surface area contributed by atoms with Gasteiger partial charge in [0.1, 0.15) is 6.61 Å². The Morgan fingerprint density at radius 1 is 1.37 bits per heavy atom. The minimum atomic E-state index is -0.433. The molecule has 106 valence electrons. The summed E-state index contributed by atoms with van der Waals surface area (Å²) in [5.74, 6) is 0.275. The second-order valence-electron chi connectivity index (χ2n) is 4.36. The molecule has 0 saturated carbocycles. The molecule has 0 heterocycles. The quantitative estimate of drug-likeness (QED) is 0.444. The van der Waals surface area contributed by atoms with Crippen LogP contribution in [0.2, 0.25) is 0 Å². The summed E-state index contributed by atoms with van der Waals surface area (Å²) in [6, 6.07) is 4.96. The monoisotopic (exact) mass is 268 g/mol. The number of nitro benzene ring substituents is 1. The highest BCUT2D eigenvalue weighted by molar-refractivity contribution is 5.48. The van der Waals surface area contributed by atoms with Crippen molar-refractivity contribution in [1.29, 1.82) is 0 Å². The van der Waals surface area contributed by atoms with E-state index in [2.05, 4.69) is 5.32 Å². The molecule has 0 aliphatic heterocycles. The molecule has 0 spiro atoms. The molecular weight excluding hydrogens is 248 g/mol. The Labute approximate surface area is 112 Å². The summed E-state index contributed by atoms with van der Waals surface area (Å²) in [7, 11) is 1.79. The topological polar surface area (TPSA) is 73.6 Å². The van der Waals surface area contributed by atoms with Gasteiger partial charge in [-0.2, -0.15) is 0 Å². The number of hydrogen-bond donors (Lipinski definition) is 1. The number of rotatable bonds is 8. The highest BCUT2D eigenvalue weighted by atomic mass is 16.6. The Morgan fingerprint density at radius 3 is 2.68 bits per heavy atom. The van der Waals surface area contributed by atoms with Gasteiger partial charge in [-0.15, -0.1) is 0 Å². The molecule has 1 aromatic carbocycles. The molecule has 6 nitrogen and oxygen atoms in total. The average Bonchev–Trinajstić information content (AvgIpc) is 2.35. The first-order chi connectivity index (χ1) is 9.04. The molecule has 0 fully saturated rings. The van der Waals surface area contributed by atoms with Crippen molar-refractivity contribution in [3.05, 3.63) is 33.9 Å². The summed E-state index contributed by atoms with van der Waals surface area (Å²) in [4.78, 5) is 10.6. The summed E-state index contributed by atoms with van der Waals surface area (Å²) in [6.45, 7) is 5.14. The normalized spacial score (nSPS) is 10.7. The molecule has 0 saturated heterocycles. The molecule has 1 N–H and O–H groups in total. The molecule has 6 heteroatoms. The number of nitrogens with zero attached hydrogens (tertiary/aromatic N) is 1. The highest BCUT2D eigenvalue weighted by Crippen LogP contribution is 2.27. The van der Waals surface area contributed by atoms with Crippen LogP contribution < -0.4 is 10.1 Å². The lowest BCUT2D eigenvalue weighted by Crippen LogP contribution is -2.12. The summed E-state index contributed by atoms with van der Waals surface area (Å²) in [6.07, 6.45) is 0.122. The van der Waals surface area contributed by atoms with Crippen LogP contribution in [0.3, 0.4) is 0 Å². The Hall–Kier alpha value is -1.66. The molecule has 1 aromatic rings. The Morgan fingerprint density at radius 2 is 2.11 bits per heavy atom. The Balaban J connectivity index is 2.68. The van der Waals surface area contributed by atoms with Gasteiger partial charge in [-0.25, -0.2) is 0 Å². The van der Waals surface area contributed by atoms with E-state index in [4.69, 9.17) is 9.47 Å². The maximum atomic E-state index is 11.0. The van der Waals surface area contributed by atoms with Gasteiger partial charge in [0.2, 0.25) is 0 Å². The molecule has 0 aliphatic carbocycles. The van der Waals surface area contributed by atoms with Gasteiger partial charge in [0.15, 0.2) is 5.75 Å². The van der Waals surface area contributed by atoms with Gasteiger partial charge in [-0.3, -0.25) is 10.1 Å². The summed E-state index contributed by atoms with van der Waals surface area (Å²) < 4.78 is 10.7. The average molecular weight is 268 g/mol. The van der Waals surface area contributed by atoms with Crippen molar-refractivity contribution >= 4 is 5.69 Å². The lowest BCUT2D eigenvalue weighted by Gasteiger charge is -2.10. The minimum absolute atomic E-state index is 0.0164. The standard InChI is InChI=1S/C13H20N2O4/c1-10(2)18-6-7-19-13-5-4-11(9-14-3)8-12(13)15(16)17/h4-5,8,10,14H,6-7,9H2,1-3H3. The molecule has 0 amide bonds. The van der Waals surface area contributed by atoms with Crippen molar-refractivity contribution in [2.24, 2.45) is 0 Å². The van der Waals surface area contributed by atoms with Gasteiger partial charge in [0.25, 0.3) is 0 Å². The van der Waals surface area contributed by atoms with Crippen molar-refractivity contribution in [2.45, 2.75) is 26.5 Å². The van der Waals surface area contributed by atoms with Gasteiger partial charge in [0, 0.05) is 12.6 Å². The van der Waals surface area contributed by atoms with Crippen LogP contribution in [0.4, 0.5) is 5.69 Å². The van der Waals surface area contributed by atoms with Crippen LogP contribution in [0.5, 0.6) is 5.75 Å². The number of nitro groups is 1. The third-order valence-electron chi connectivity index (χ3n) is 2.39. The van der Waals surface area contributed by atoms with Gasteiger partial charge >= 0.3 is 5.69 Å². The van der Waals surface area contributed by atoms with E-state index >= 15 is 0 Å². The predicted molar refractivity (Wildman–Crippen MR) is 72.4 cm³/mol. The largest absolute Gasteiger partial charge is 0.484 e. The van der Waals surface area contributed by atoms with E-state index in [0.29, 0.717) is 19.8 Å². The first-order valence-electron chi connectivity index (χ1n) is 6.21. The minimum Gasteiger partial charge on any atom is -0.484 e. The predicted octanol–water partition coefficient (Wildman–Crippen LogP) is 2.12. The molecule has 0 radical (unpaired) electrons. The first kappa shape index (κ1) is 15.4. The third-order valence-corrected chi connectivity index (χ3v) is 2.39. The Bertz CT molecular complexity index is 421. The molecular formula is C13H20N2O4. The zero-order chi connectivity index (χ0) is 14.3. The lowest BCUT2D eigenvalue weighted by molar-refractivity contribution is -0.386. The van der Waals surface area contributed by atoms with E-state index in [9.17, 15) is 10.1 Å². The summed E-state index contributed by atoms with van der Waals surface area (Å²) in [5.41, 5.74) is 0.831. The number of ether oxygens (including phenoxy) is 2. The van der Waals surface area contributed by atoms with E-state index in [1.807, 2.05) is 19.9 Å². The van der Waals surface area contributed by atoms with Crippen LogP contribution in [-0.2, 0) is 11.3 Å². The van der Waals surface area contributed by atoms with Crippen LogP contribution in [0.15, 0.2) is 18.2 Å². The number of benzene rings is 1. The molecule has 0 aromatic heterocycles. The zero-order valence-electron chi connectivity index (χ0n) is 11.5. The van der Waals surface area contributed by atoms with E-state index < -0.39 is 4.92 Å². The smallest absolute Gasteiger partial charge is 0.311 e. The van der Waals surface area contributed by atoms with Crippen molar-refractivity contribution in [3.63, 3.8) is 0 Å². The van der Waals surface area contributed by atoms with E-state index in [1.165, 1.54) is 6.07 Å². The molecule has 19 heavy (non-hydrogen) atoms. The number of nitrogens with one attached hydrogen (secondary N) is 1. The van der Waals surface area contributed by atoms with Crippen molar-refractivity contribution < 1.29 is 14.4 Å². The van der Waals surface area contributed by atoms with Crippen LogP contribution in [0.25, 0.3) is 0 Å². The van der Waals surface area contributed by atoms with Crippen molar-refractivity contribution in [2.75, 3.05) is 20.3 Å². The number of hydrogen-bond acceptors (Lipinski definition) is 5. The van der Waals surface area contributed by atoms with E-state index in [1.54, 1.807) is 13.1 Å². The van der Waals surface area contributed by atoms with Crippen LogP contribution in [-0.4, -0.2) is 31.3 Å². The Kier molecular flexibility index (Phi) is 6.24. The highest BCUT2D eigenvalue weighted by Gasteiger charge is 2.15. The molecule has 0 aliphatic rings. The zero-order valence-corrected chi connectivity index (χ0v) is 11.5. The SMILES string of the molecule is CNCc1ccc(OCCOC(C)C)c([N+](=O)[O-])c1. The second kappa shape index (κ2) is 7.70. The van der Waals surface area contributed by atoms with Gasteiger partial charge < -0.3 is 14.8 Å². The fourth-order valence-electron chi connectivity index (χ4n) is 1.58. The van der Waals surface area contributed by atoms with E-state index in [-0.39, 0.29) is 17.5 Å². The summed E-state index contributed by atoms with van der Waals surface area (Å²) in [5, 5.41) is 13.9. The fourth-order valence-corrected chi connectivity index (χ4v) is 1.58. The maximum absolute atomic E-state index is 11.0. The van der Waals surface area contributed by atoms with Crippen molar-refractivity contribution in [1.82, 2.24) is 5.32 Å². The molecule has 0 atom stereocenters. The van der Waals surface area contributed by atoms with Crippen LogP contribution in [0, 0.1) is 10.1 Å². The fraction of sp³-hybridized carbons (Fsp3) is 0.538. The molecule has 1 rings (SSSR count). The summed E-state index contributed by atoms with van der Waals surface area (Å²) >= 11 is 0. The van der Waals surface area contributed by atoms with Crippen LogP contribution in [0.1, 0.15) is 19.4 Å². The molecule has 0 bridgehead atoms.